The van der Waals surface area contributed by atoms with E-state index in [4.69, 9.17) is 15.0 Å². The number of rotatable bonds is 6. The van der Waals surface area contributed by atoms with Crippen molar-refractivity contribution in [1.82, 2.24) is 19.5 Å². The molecule has 0 radical (unpaired) electrons. The average Bonchev–Trinajstić information content (AvgIpc) is 3.69. The monoisotopic (exact) mass is 696 g/mol. The van der Waals surface area contributed by atoms with Gasteiger partial charge in [-0.2, -0.15) is 9.97 Å². The number of carbonyl (C=O) groups excluding carboxylic acids is 1. The molecule has 0 aliphatic heterocycles. The topological polar surface area (TPSA) is 60.7 Å². The van der Waals surface area contributed by atoms with Gasteiger partial charge in [0.05, 0.1) is 11.0 Å². The van der Waals surface area contributed by atoms with Crippen molar-refractivity contribution in [3.8, 4) is 28.7 Å². The van der Waals surface area contributed by atoms with E-state index in [2.05, 4.69) is 85.2 Å². The Morgan fingerprint density at radius 2 is 1.20 bits per heavy atom. The molecule has 10 rings (SSSR count). The second-order valence-electron chi connectivity index (χ2n) is 14.8. The van der Waals surface area contributed by atoms with Crippen LogP contribution in [0, 0.1) is 5.92 Å². The summed E-state index contributed by atoms with van der Waals surface area (Å²) in [6.45, 7) is 4.77. The molecule has 54 heavy (non-hydrogen) atoms. The summed E-state index contributed by atoms with van der Waals surface area (Å²) in [6.07, 6.45) is 5.58. The van der Waals surface area contributed by atoms with Crippen molar-refractivity contribution in [2.45, 2.75) is 25.7 Å². The number of carbonyl (C=O) groups is 1. The Morgan fingerprint density at radius 1 is 0.611 bits per heavy atom. The van der Waals surface area contributed by atoms with Crippen LogP contribution in [0.3, 0.4) is 0 Å². The number of fused-ring (bicyclic) bond motifs is 7. The highest BCUT2D eigenvalue weighted by Crippen LogP contribution is 2.57. The smallest absolute Gasteiger partial charge is 0.238 e. The Hall–Kier alpha value is -6.72. The summed E-state index contributed by atoms with van der Waals surface area (Å²) in [5.41, 5.74) is 11.4. The van der Waals surface area contributed by atoms with Gasteiger partial charge in [-0.25, -0.2) is 4.98 Å². The van der Waals surface area contributed by atoms with Crippen LogP contribution < -0.4 is 0 Å². The van der Waals surface area contributed by atoms with E-state index in [0.29, 0.717) is 28.7 Å². The molecule has 5 heteroatoms. The lowest BCUT2D eigenvalue weighted by Gasteiger charge is -2.32. The molecule has 0 saturated carbocycles. The fourth-order valence-corrected chi connectivity index (χ4v) is 8.67. The Bertz CT molecular complexity index is 2760. The van der Waals surface area contributed by atoms with Crippen LogP contribution in [-0.2, 0) is 5.41 Å². The fraction of sp³-hybridized carbons (Fsp3) is 0.102. The van der Waals surface area contributed by atoms with Crippen LogP contribution in [-0.4, -0.2) is 25.3 Å². The normalized spacial score (nSPS) is 15.8. The van der Waals surface area contributed by atoms with Gasteiger partial charge in [0, 0.05) is 33.0 Å². The zero-order valence-electron chi connectivity index (χ0n) is 30.1. The van der Waals surface area contributed by atoms with E-state index in [1.165, 1.54) is 27.8 Å². The average molecular weight is 697 g/mol. The molecule has 258 valence electrons. The molecule has 0 fully saturated rings. The number of hydrogen-bond donors (Lipinski definition) is 0. The minimum absolute atomic E-state index is 0.00605. The van der Waals surface area contributed by atoms with Gasteiger partial charge in [0.2, 0.25) is 5.95 Å². The summed E-state index contributed by atoms with van der Waals surface area (Å²) >= 11 is 0. The molecule has 2 aliphatic carbocycles. The van der Waals surface area contributed by atoms with Crippen LogP contribution in [0.2, 0.25) is 0 Å². The highest BCUT2D eigenvalue weighted by atomic mass is 16.1. The van der Waals surface area contributed by atoms with Gasteiger partial charge in [-0.05, 0) is 63.8 Å². The number of aromatic nitrogens is 4. The highest BCUT2D eigenvalue weighted by molar-refractivity contribution is 6.16. The maximum atomic E-state index is 13.9. The van der Waals surface area contributed by atoms with E-state index in [1.807, 2.05) is 97.1 Å². The van der Waals surface area contributed by atoms with Gasteiger partial charge in [-0.15, -0.1) is 0 Å². The molecule has 8 aromatic rings. The zero-order chi connectivity index (χ0) is 36.4. The molecule has 2 heterocycles. The first-order valence-corrected chi connectivity index (χ1v) is 18.5. The van der Waals surface area contributed by atoms with E-state index in [0.717, 1.165) is 39.4 Å². The first-order chi connectivity index (χ1) is 26.5. The van der Waals surface area contributed by atoms with Crippen LogP contribution in [0.5, 0.6) is 0 Å². The summed E-state index contributed by atoms with van der Waals surface area (Å²) in [7, 11) is 0. The molecule has 0 bridgehead atoms. The molecule has 5 nitrogen and oxygen atoms in total. The Balaban J connectivity index is 1.26. The van der Waals surface area contributed by atoms with Crippen LogP contribution in [0.4, 0.5) is 0 Å². The third-order valence-corrected chi connectivity index (χ3v) is 11.3. The zero-order valence-corrected chi connectivity index (χ0v) is 30.1. The highest BCUT2D eigenvalue weighted by Gasteiger charge is 2.46. The van der Waals surface area contributed by atoms with E-state index in [1.54, 1.807) is 0 Å². The van der Waals surface area contributed by atoms with Crippen LogP contribution in [0.25, 0.3) is 61.7 Å². The first-order valence-electron chi connectivity index (χ1n) is 18.5. The second-order valence-corrected chi connectivity index (χ2v) is 14.8. The van der Waals surface area contributed by atoms with Gasteiger partial charge in [0.25, 0.3) is 0 Å². The number of allylic oxidation sites excluding steroid dienone is 4. The molecule has 2 aromatic heterocycles. The summed E-state index contributed by atoms with van der Waals surface area (Å²) < 4.78 is 2.23. The maximum Gasteiger partial charge on any atom is 0.238 e. The third kappa shape index (κ3) is 5.07. The Morgan fingerprint density at radius 3 is 1.83 bits per heavy atom. The van der Waals surface area contributed by atoms with Gasteiger partial charge in [-0.3, -0.25) is 9.36 Å². The van der Waals surface area contributed by atoms with Gasteiger partial charge in [0.15, 0.2) is 17.4 Å². The summed E-state index contributed by atoms with van der Waals surface area (Å²) in [5, 5.41) is 2.05. The molecule has 6 aromatic carbocycles. The standard InChI is InChI=1S/C49H36N4O/c1-49(2)41-30-35(31-15-7-3-8-16-31)23-25-37(41)38-26-27-39-40-29-36(45(54)32-17-9-4-10-18-32)24-28-42(40)53(44(39)43(38)49)48-51-46(33-19-11-5-12-20-33)50-47(52-48)34-21-13-6-14-22-34/h3-29,41H,30H2,1-2H3. The molecular weight excluding hydrogens is 661 g/mol. The van der Waals surface area contributed by atoms with Gasteiger partial charge in [-0.1, -0.05) is 159 Å². The molecule has 2 aliphatic rings. The molecule has 1 unspecified atom stereocenters. The lowest BCUT2D eigenvalue weighted by molar-refractivity contribution is 0.103. The van der Waals surface area contributed by atoms with Gasteiger partial charge < -0.3 is 0 Å². The molecule has 1 atom stereocenters. The van der Waals surface area contributed by atoms with Crippen molar-refractivity contribution >= 4 is 38.7 Å². The van der Waals surface area contributed by atoms with Crippen LogP contribution >= 0.6 is 0 Å². The van der Waals surface area contributed by atoms with E-state index in [-0.39, 0.29) is 17.1 Å². The number of ketones is 1. The minimum atomic E-state index is -0.235. The SMILES string of the molecule is CC1(C)c2c(ccc3c4cc(C(=O)c5ccccc5)ccc4n(-c4nc(-c5ccccc5)nc(-c5ccccc5)n4)c23)C2=CC=C(c3ccccc3)CC21. The lowest BCUT2D eigenvalue weighted by atomic mass is 9.72. The first kappa shape index (κ1) is 32.0. The number of hydrogen-bond acceptors (Lipinski definition) is 4. The quantitative estimate of drug-likeness (QED) is 0.162. The largest absolute Gasteiger partial charge is 0.289 e. The molecule has 0 amide bonds. The minimum Gasteiger partial charge on any atom is -0.289 e. The predicted molar refractivity (Wildman–Crippen MR) is 218 cm³/mol. The van der Waals surface area contributed by atoms with E-state index < -0.39 is 0 Å². The number of benzene rings is 6. The van der Waals surface area contributed by atoms with E-state index in [9.17, 15) is 4.79 Å². The third-order valence-electron chi connectivity index (χ3n) is 11.3. The van der Waals surface area contributed by atoms with Crippen molar-refractivity contribution in [3.05, 3.63) is 192 Å². The number of nitrogens with zero attached hydrogens (tertiary/aromatic N) is 4. The fourth-order valence-electron chi connectivity index (χ4n) is 8.67. The molecular formula is C49H36N4O. The van der Waals surface area contributed by atoms with Crippen molar-refractivity contribution in [1.29, 1.82) is 0 Å². The van der Waals surface area contributed by atoms with Crippen LogP contribution in [0.15, 0.2) is 164 Å². The lowest BCUT2D eigenvalue weighted by Crippen LogP contribution is -2.25. The van der Waals surface area contributed by atoms with Crippen molar-refractivity contribution in [3.63, 3.8) is 0 Å². The molecule has 0 spiro atoms. The van der Waals surface area contributed by atoms with E-state index >= 15 is 0 Å². The maximum absolute atomic E-state index is 13.9. The van der Waals surface area contributed by atoms with Gasteiger partial charge in [0.1, 0.15) is 0 Å². The Kier molecular flexibility index (Phi) is 7.37. The summed E-state index contributed by atoms with van der Waals surface area (Å²) in [4.78, 5) is 29.4. The van der Waals surface area contributed by atoms with Crippen molar-refractivity contribution in [2.24, 2.45) is 5.92 Å². The van der Waals surface area contributed by atoms with Crippen LogP contribution in [0.1, 0.15) is 52.9 Å². The summed E-state index contributed by atoms with van der Waals surface area (Å²) in [5.74, 6) is 2.02. The molecule has 0 N–H and O–H groups in total. The summed E-state index contributed by atoms with van der Waals surface area (Å²) in [6, 6.07) is 51.0. The van der Waals surface area contributed by atoms with Gasteiger partial charge >= 0.3 is 0 Å². The van der Waals surface area contributed by atoms with Crippen molar-refractivity contribution < 1.29 is 4.79 Å². The Labute approximate surface area is 314 Å². The molecule has 0 saturated heterocycles. The second kappa shape index (κ2) is 12.5. The van der Waals surface area contributed by atoms with Crippen molar-refractivity contribution in [2.75, 3.05) is 0 Å². The predicted octanol–water partition coefficient (Wildman–Crippen LogP) is 11.3.